The molecule has 0 saturated carbocycles. The van der Waals surface area contributed by atoms with E-state index in [-0.39, 0.29) is 18.4 Å². The average Bonchev–Trinajstić information content (AvgIpc) is 2.88. The van der Waals surface area contributed by atoms with Crippen LogP contribution >= 0.6 is 0 Å². The number of aromatic nitrogens is 3. The number of rotatable bonds is 4. The summed E-state index contributed by atoms with van der Waals surface area (Å²) in [6.45, 7) is 4.51. The van der Waals surface area contributed by atoms with Crippen LogP contribution < -0.4 is 5.32 Å². The van der Waals surface area contributed by atoms with Gasteiger partial charge in [-0.15, -0.1) is 5.10 Å². The van der Waals surface area contributed by atoms with Gasteiger partial charge in [-0.1, -0.05) is 5.21 Å². The van der Waals surface area contributed by atoms with Gasteiger partial charge in [0.1, 0.15) is 6.10 Å². The summed E-state index contributed by atoms with van der Waals surface area (Å²) in [4.78, 5) is 22.4. The van der Waals surface area contributed by atoms with Crippen LogP contribution in [0.2, 0.25) is 0 Å². The zero-order valence-corrected chi connectivity index (χ0v) is 10.2. The molecule has 1 aliphatic rings. The Kier molecular flexibility index (Phi) is 3.45. The minimum Gasteiger partial charge on any atom is -0.461 e. The molecule has 98 valence electrons. The van der Waals surface area contributed by atoms with E-state index in [0.29, 0.717) is 18.8 Å². The van der Waals surface area contributed by atoms with Crippen molar-refractivity contribution in [2.45, 2.75) is 26.5 Å². The highest BCUT2D eigenvalue weighted by atomic mass is 16.6. The lowest BCUT2D eigenvalue weighted by Gasteiger charge is -2.08. The Labute approximate surface area is 103 Å². The van der Waals surface area contributed by atoms with E-state index in [0.717, 1.165) is 0 Å². The van der Waals surface area contributed by atoms with E-state index in [1.54, 1.807) is 13.8 Å². The Hall–Kier alpha value is -2.12. The molecule has 1 fully saturated rings. The van der Waals surface area contributed by atoms with Crippen molar-refractivity contribution in [3.63, 3.8) is 0 Å². The summed E-state index contributed by atoms with van der Waals surface area (Å²) in [6.07, 6.45) is -0.740. The van der Waals surface area contributed by atoms with Crippen molar-refractivity contribution in [2.24, 2.45) is 0 Å². The van der Waals surface area contributed by atoms with Crippen LogP contribution in [0.15, 0.2) is 0 Å². The lowest BCUT2D eigenvalue weighted by atomic mass is 10.3. The molecule has 0 spiro atoms. The summed E-state index contributed by atoms with van der Waals surface area (Å²) in [5.41, 5.74) is 0.783. The molecule has 1 N–H and O–H groups in total. The van der Waals surface area contributed by atoms with Crippen molar-refractivity contribution in [3.8, 4) is 0 Å². The summed E-state index contributed by atoms with van der Waals surface area (Å²) in [6, 6.07) is 0. The molecule has 1 atom stereocenters. The van der Waals surface area contributed by atoms with E-state index in [1.165, 1.54) is 4.68 Å². The molecule has 0 aromatic carbocycles. The third-order valence-corrected chi connectivity index (χ3v) is 2.58. The highest BCUT2D eigenvalue weighted by Gasteiger charge is 2.25. The van der Waals surface area contributed by atoms with Crippen LogP contribution in [0.5, 0.6) is 0 Å². The molecule has 1 amide bonds. The van der Waals surface area contributed by atoms with Gasteiger partial charge in [-0.25, -0.2) is 14.3 Å². The van der Waals surface area contributed by atoms with Gasteiger partial charge in [0.05, 0.1) is 25.4 Å². The van der Waals surface area contributed by atoms with Gasteiger partial charge in [-0.05, 0) is 13.8 Å². The van der Waals surface area contributed by atoms with Crippen LogP contribution in [-0.2, 0) is 16.0 Å². The number of alkyl carbamates (subject to hydrolysis) is 1. The normalized spacial score (nSPS) is 18.3. The summed E-state index contributed by atoms with van der Waals surface area (Å²) in [5, 5.41) is 10.2. The van der Waals surface area contributed by atoms with Crippen molar-refractivity contribution in [2.75, 3.05) is 13.2 Å². The average molecular weight is 254 g/mol. The van der Waals surface area contributed by atoms with Gasteiger partial charge in [0, 0.05) is 0 Å². The fraction of sp³-hybridized carbons (Fsp3) is 0.600. The van der Waals surface area contributed by atoms with Gasteiger partial charge in [0.15, 0.2) is 5.69 Å². The number of esters is 1. The maximum Gasteiger partial charge on any atom is 0.407 e. The highest BCUT2D eigenvalue weighted by Crippen LogP contribution is 2.09. The standard InChI is InChI=1S/C10H14N4O4/c1-3-17-9(15)8-6(2)14(13-12-8)5-7-4-11-10(16)18-7/h7H,3-5H2,1-2H3,(H,11,16). The van der Waals surface area contributed by atoms with Crippen molar-refractivity contribution < 1.29 is 19.1 Å². The quantitative estimate of drug-likeness (QED) is 0.752. The predicted molar refractivity (Wildman–Crippen MR) is 59.0 cm³/mol. The Morgan fingerprint density at radius 1 is 1.67 bits per heavy atom. The van der Waals surface area contributed by atoms with Crippen LogP contribution in [0, 0.1) is 6.92 Å². The first-order valence-electron chi connectivity index (χ1n) is 5.63. The summed E-state index contributed by atoms with van der Waals surface area (Å²) in [5.74, 6) is -0.497. The second-order valence-electron chi connectivity index (χ2n) is 3.83. The monoisotopic (exact) mass is 254 g/mol. The van der Waals surface area contributed by atoms with Crippen LogP contribution in [0.1, 0.15) is 23.1 Å². The topological polar surface area (TPSA) is 95.3 Å². The minimum atomic E-state index is -0.497. The van der Waals surface area contributed by atoms with Crippen LogP contribution in [0.4, 0.5) is 4.79 Å². The number of cyclic esters (lactones) is 1. The van der Waals surface area contributed by atoms with E-state index in [9.17, 15) is 9.59 Å². The smallest absolute Gasteiger partial charge is 0.407 e. The van der Waals surface area contributed by atoms with Gasteiger partial charge in [-0.2, -0.15) is 0 Å². The largest absolute Gasteiger partial charge is 0.461 e. The van der Waals surface area contributed by atoms with E-state index in [4.69, 9.17) is 9.47 Å². The fourth-order valence-corrected chi connectivity index (χ4v) is 1.65. The fourth-order valence-electron chi connectivity index (χ4n) is 1.65. The molecular formula is C10H14N4O4. The molecule has 8 nitrogen and oxygen atoms in total. The molecule has 1 aliphatic heterocycles. The number of nitrogens with one attached hydrogen (secondary N) is 1. The van der Waals surface area contributed by atoms with Crippen LogP contribution in [-0.4, -0.2) is 46.3 Å². The number of hydrogen-bond donors (Lipinski definition) is 1. The number of amides is 1. The van der Waals surface area contributed by atoms with Crippen LogP contribution in [0.3, 0.4) is 0 Å². The van der Waals surface area contributed by atoms with Crippen molar-refractivity contribution in [1.29, 1.82) is 0 Å². The van der Waals surface area contributed by atoms with Gasteiger partial charge in [0.2, 0.25) is 0 Å². The third-order valence-electron chi connectivity index (χ3n) is 2.58. The van der Waals surface area contributed by atoms with Gasteiger partial charge in [0.25, 0.3) is 0 Å². The van der Waals surface area contributed by atoms with Gasteiger partial charge >= 0.3 is 12.1 Å². The zero-order valence-electron chi connectivity index (χ0n) is 10.2. The molecule has 0 bridgehead atoms. The zero-order chi connectivity index (χ0) is 13.1. The second-order valence-corrected chi connectivity index (χ2v) is 3.83. The summed E-state index contributed by atoms with van der Waals surface area (Å²) in [7, 11) is 0. The van der Waals surface area contributed by atoms with E-state index in [2.05, 4.69) is 15.6 Å². The molecule has 0 aliphatic carbocycles. The predicted octanol–water partition coefficient (Wildman–Crippen LogP) is -0.128. The number of nitrogens with zero attached hydrogens (tertiary/aromatic N) is 3. The molecule has 2 rings (SSSR count). The lowest BCUT2D eigenvalue weighted by molar-refractivity contribution is 0.0518. The number of ether oxygens (including phenoxy) is 2. The Morgan fingerprint density at radius 2 is 2.44 bits per heavy atom. The molecule has 0 radical (unpaired) electrons. The molecule has 18 heavy (non-hydrogen) atoms. The number of carbonyl (C=O) groups excluding carboxylic acids is 2. The molecule has 8 heteroatoms. The second kappa shape index (κ2) is 5.03. The molecular weight excluding hydrogens is 240 g/mol. The first kappa shape index (κ1) is 12.3. The third kappa shape index (κ3) is 2.41. The van der Waals surface area contributed by atoms with Crippen molar-refractivity contribution in [3.05, 3.63) is 11.4 Å². The first-order valence-corrected chi connectivity index (χ1v) is 5.63. The number of carbonyl (C=O) groups is 2. The van der Waals surface area contributed by atoms with Crippen molar-refractivity contribution in [1.82, 2.24) is 20.3 Å². The molecule has 1 unspecified atom stereocenters. The maximum absolute atomic E-state index is 11.5. The van der Waals surface area contributed by atoms with Gasteiger partial charge in [-0.3, -0.25) is 0 Å². The first-order chi connectivity index (χ1) is 8.61. The number of hydrogen-bond acceptors (Lipinski definition) is 6. The van der Waals surface area contributed by atoms with E-state index in [1.807, 2.05) is 0 Å². The minimum absolute atomic E-state index is 0.189. The summed E-state index contributed by atoms with van der Waals surface area (Å²) >= 11 is 0. The Balaban J connectivity index is 2.06. The van der Waals surface area contributed by atoms with E-state index < -0.39 is 12.1 Å². The molecule has 1 aromatic heterocycles. The Bertz CT molecular complexity index is 470. The van der Waals surface area contributed by atoms with Gasteiger partial charge < -0.3 is 14.8 Å². The molecule has 1 aromatic rings. The Morgan fingerprint density at radius 3 is 3.06 bits per heavy atom. The van der Waals surface area contributed by atoms with E-state index >= 15 is 0 Å². The van der Waals surface area contributed by atoms with Crippen molar-refractivity contribution >= 4 is 12.1 Å². The SMILES string of the molecule is CCOC(=O)c1nnn(CC2CNC(=O)O2)c1C. The van der Waals surface area contributed by atoms with Crippen LogP contribution in [0.25, 0.3) is 0 Å². The summed E-state index contributed by atoms with van der Waals surface area (Å²) < 4.78 is 11.4. The molecule has 2 heterocycles. The maximum atomic E-state index is 11.5. The lowest BCUT2D eigenvalue weighted by Crippen LogP contribution is -2.22. The molecule has 1 saturated heterocycles. The highest BCUT2D eigenvalue weighted by molar-refractivity contribution is 5.88.